The van der Waals surface area contributed by atoms with E-state index in [1.165, 1.54) is 30.3 Å². The van der Waals surface area contributed by atoms with Crippen LogP contribution in [0.5, 0.6) is 0 Å². The summed E-state index contributed by atoms with van der Waals surface area (Å²) in [6, 6.07) is 9.76. The van der Waals surface area contributed by atoms with E-state index in [9.17, 15) is 18.7 Å². The first-order valence-corrected chi connectivity index (χ1v) is 5.22. The Labute approximate surface area is 102 Å². The molecule has 1 heterocycles. The van der Waals surface area contributed by atoms with Crippen LogP contribution in [0.3, 0.4) is 0 Å². The first kappa shape index (κ1) is 12.4. The molecule has 0 bridgehead atoms. The van der Waals surface area contributed by atoms with Crippen LogP contribution >= 0.6 is 0 Å². The zero-order valence-electron chi connectivity index (χ0n) is 9.22. The molecule has 0 saturated carbocycles. The predicted molar refractivity (Wildman–Crippen MR) is 59.4 cm³/mol. The van der Waals surface area contributed by atoms with Crippen LogP contribution in [0.2, 0.25) is 0 Å². The van der Waals surface area contributed by atoms with Crippen molar-refractivity contribution in [3.63, 3.8) is 0 Å². The van der Waals surface area contributed by atoms with E-state index in [-0.39, 0.29) is 5.56 Å². The lowest BCUT2D eigenvalue weighted by atomic mass is 9.99. The third-order valence-electron chi connectivity index (χ3n) is 2.51. The topological polar surface area (TPSA) is 50.4 Å². The van der Waals surface area contributed by atoms with E-state index in [0.717, 1.165) is 12.3 Å². The second-order valence-corrected chi connectivity index (χ2v) is 3.74. The van der Waals surface area contributed by atoms with Crippen LogP contribution in [0.25, 0.3) is 0 Å². The number of carbonyl (C=O) groups is 1. The highest BCUT2D eigenvalue weighted by Gasteiger charge is 2.48. The maximum atomic E-state index is 13.8. The highest BCUT2D eigenvalue weighted by Crippen LogP contribution is 2.34. The molecule has 0 unspecified atom stereocenters. The summed E-state index contributed by atoms with van der Waals surface area (Å²) in [6.07, 6.45) is -1.07. The van der Waals surface area contributed by atoms with E-state index in [0.29, 0.717) is 0 Å². The highest BCUT2D eigenvalue weighted by atomic mass is 19.3. The maximum Gasteiger partial charge on any atom is 0.342 e. The standard InChI is InChI=1S/C13H10F2O3/c14-13(15,12(17)10-7-4-8-18-10)11(16)9-5-2-1-3-6-9/h1-8,11,16H/t11-/m1/s1. The third kappa shape index (κ3) is 2.17. The minimum atomic E-state index is -3.93. The highest BCUT2D eigenvalue weighted by molar-refractivity contribution is 5.99. The molecule has 0 amide bonds. The van der Waals surface area contributed by atoms with Gasteiger partial charge in [-0.2, -0.15) is 8.78 Å². The van der Waals surface area contributed by atoms with Gasteiger partial charge in [-0.3, -0.25) is 4.79 Å². The molecule has 0 aliphatic heterocycles. The van der Waals surface area contributed by atoms with Gasteiger partial charge in [0.2, 0.25) is 0 Å². The van der Waals surface area contributed by atoms with Gasteiger partial charge in [-0.1, -0.05) is 30.3 Å². The van der Waals surface area contributed by atoms with Gasteiger partial charge in [0.25, 0.3) is 5.78 Å². The Morgan fingerprint density at radius 2 is 1.83 bits per heavy atom. The van der Waals surface area contributed by atoms with E-state index in [2.05, 4.69) is 4.42 Å². The normalized spacial score (nSPS) is 13.3. The molecular formula is C13H10F2O3. The zero-order valence-corrected chi connectivity index (χ0v) is 9.22. The number of furan rings is 1. The van der Waals surface area contributed by atoms with Gasteiger partial charge >= 0.3 is 5.92 Å². The molecule has 3 nitrogen and oxygen atoms in total. The summed E-state index contributed by atoms with van der Waals surface area (Å²) in [7, 11) is 0. The van der Waals surface area contributed by atoms with Crippen molar-refractivity contribution in [2.45, 2.75) is 12.0 Å². The molecule has 0 fully saturated rings. The van der Waals surface area contributed by atoms with Gasteiger partial charge in [0.05, 0.1) is 6.26 Å². The first-order valence-electron chi connectivity index (χ1n) is 5.22. The quantitative estimate of drug-likeness (QED) is 0.851. The molecule has 1 aromatic heterocycles. The van der Waals surface area contributed by atoms with Crippen molar-refractivity contribution in [2.75, 3.05) is 0 Å². The predicted octanol–water partition coefficient (Wildman–Crippen LogP) is 2.83. The Hall–Kier alpha value is -2.01. The van der Waals surface area contributed by atoms with Gasteiger partial charge in [0.1, 0.15) is 0 Å². The Bertz CT molecular complexity index is 520. The lowest BCUT2D eigenvalue weighted by molar-refractivity contribution is -0.0804. The second-order valence-electron chi connectivity index (χ2n) is 3.74. The minimum Gasteiger partial charge on any atom is -0.461 e. The Morgan fingerprint density at radius 1 is 1.17 bits per heavy atom. The number of Topliss-reactive ketones (excluding diaryl/α,β-unsaturated/α-hetero) is 1. The van der Waals surface area contributed by atoms with E-state index in [1.54, 1.807) is 6.07 Å². The van der Waals surface area contributed by atoms with Crippen LogP contribution in [-0.4, -0.2) is 16.8 Å². The van der Waals surface area contributed by atoms with Crippen molar-refractivity contribution < 1.29 is 23.1 Å². The van der Waals surface area contributed by atoms with E-state index in [4.69, 9.17) is 0 Å². The molecule has 0 aliphatic carbocycles. The molecule has 94 valence electrons. The lowest BCUT2D eigenvalue weighted by Gasteiger charge is -2.20. The fourth-order valence-electron chi connectivity index (χ4n) is 1.54. The number of benzene rings is 1. The molecule has 0 saturated heterocycles. The number of aliphatic hydroxyl groups is 1. The molecule has 1 aromatic carbocycles. The zero-order chi connectivity index (χ0) is 13.2. The minimum absolute atomic E-state index is 0.0255. The van der Waals surface area contributed by atoms with Gasteiger partial charge in [0.15, 0.2) is 11.9 Å². The van der Waals surface area contributed by atoms with Crippen molar-refractivity contribution >= 4 is 5.78 Å². The number of hydrogen-bond donors (Lipinski definition) is 1. The van der Waals surface area contributed by atoms with Crippen LogP contribution in [0.1, 0.15) is 22.2 Å². The average Bonchev–Trinajstić information content (AvgIpc) is 2.91. The fraction of sp³-hybridized carbons (Fsp3) is 0.154. The summed E-state index contributed by atoms with van der Waals surface area (Å²) in [5.41, 5.74) is -0.0255. The van der Waals surface area contributed by atoms with E-state index < -0.39 is 23.6 Å². The summed E-state index contributed by atoms with van der Waals surface area (Å²) >= 11 is 0. The fourth-order valence-corrected chi connectivity index (χ4v) is 1.54. The summed E-state index contributed by atoms with van der Waals surface area (Å²) < 4.78 is 32.2. The third-order valence-corrected chi connectivity index (χ3v) is 2.51. The van der Waals surface area contributed by atoms with Crippen molar-refractivity contribution in [3.05, 3.63) is 60.1 Å². The number of hydrogen-bond acceptors (Lipinski definition) is 3. The van der Waals surface area contributed by atoms with Crippen LogP contribution in [-0.2, 0) is 0 Å². The molecule has 0 spiro atoms. The molecule has 1 atom stereocenters. The average molecular weight is 252 g/mol. The molecular weight excluding hydrogens is 242 g/mol. The molecule has 1 N–H and O–H groups in total. The summed E-state index contributed by atoms with van der Waals surface area (Å²) in [6.45, 7) is 0. The second kappa shape index (κ2) is 4.70. The monoisotopic (exact) mass is 252 g/mol. The molecule has 0 radical (unpaired) electrons. The van der Waals surface area contributed by atoms with E-state index in [1.807, 2.05) is 0 Å². The first-order chi connectivity index (χ1) is 8.53. The largest absolute Gasteiger partial charge is 0.461 e. The number of alkyl halides is 2. The molecule has 5 heteroatoms. The number of rotatable bonds is 4. The molecule has 0 aliphatic rings. The van der Waals surface area contributed by atoms with Crippen molar-refractivity contribution in [1.29, 1.82) is 0 Å². The number of ketones is 1. The van der Waals surface area contributed by atoms with Gasteiger partial charge in [-0.05, 0) is 17.7 Å². The van der Waals surface area contributed by atoms with Gasteiger partial charge < -0.3 is 9.52 Å². The van der Waals surface area contributed by atoms with Crippen molar-refractivity contribution in [1.82, 2.24) is 0 Å². The molecule has 2 aromatic rings. The maximum absolute atomic E-state index is 13.8. The van der Waals surface area contributed by atoms with Gasteiger partial charge in [0, 0.05) is 0 Å². The number of carbonyl (C=O) groups excluding carboxylic acids is 1. The van der Waals surface area contributed by atoms with Crippen LogP contribution < -0.4 is 0 Å². The smallest absolute Gasteiger partial charge is 0.342 e. The van der Waals surface area contributed by atoms with E-state index >= 15 is 0 Å². The SMILES string of the molecule is O=C(c1ccco1)C(F)(F)[C@H](O)c1ccccc1. The van der Waals surface area contributed by atoms with Crippen molar-refractivity contribution in [3.8, 4) is 0 Å². The Morgan fingerprint density at radius 3 is 2.39 bits per heavy atom. The molecule has 18 heavy (non-hydrogen) atoms. The Kier molecular flexibility index (Phi) is 3.25. The summed E-state index contributed by atoms with van der Waals surface area (Å²) in [4.78, 5) is 11.5. The van der Waals surface area contributed by atoms with Gasteiger partial charge in [-0.25, -0.2) is 0 Å². The van der Waals surface area contributed by atoms with Crippen LogP contribution in [0.15, 0.2) is 53.1 Å². The number of halogens is 2. The summed E-state index contributed by atoms with van der Waals surface area (Å²) in [5.74, 6) is -5.95. The van der Waals surface area contributed by atoms with Crippen LogP contribution in [0, 0.1) is 0 Å². The summed E-state index contributed by atoms with van der Waals surface area (Å²) in [5, 5.41) is 9.61. The van der Waals surface area contributed by atoms with Crippen molar-refractivity contribution in [2.24, 2.45) is 0 Å². The Balaban J connectivity index is 2.28. The number of aliphatic hydroxyl groups excluding tert-OH is 1. The van der Waals surface area contributed by atoms with Crippen LogP contribution in [0.4, 0.5) is 8.78 Å². The molecule has 2 rings (SSSR count). The lowest BCUT2D eigenvalue weighted by Crippen LogP contribution is -2.35. The van der Waals surface area contributed by atoms with Gasteiger partial charge in [-0.15, -0.1) is 0 Å².